The molecular weight excluding hydrogens is 314 g/mol. The minimum atomic E-state index is -0.0750. The first-order chi connectivity index (χ1) is 8.09. The molecule has 0 aliphatic heterocycles. The van der Waals surface area contributed by atoms with E-state index in [0.29, 0.717) is 5.56 Å². The highest BCUT2D eigenvalue weighted by Gasteiger charge is 2.19. The summed E-state index contributed by atoms with van der Waals surface area (Å²) in [4.78, 5) is 13.2. The summed E-state index contributed by atoms with van der Waals surface area (Å²) in [5.74, 6) is -0.0308. The Morgan fingerprint density at radius 1 is 1.33 bits per heavy atom. The fourth-order valence-corrected chi connectivity index (χ4v) is 2.42. The van der Waals surface area contributed by atoms with E-state index in [-0.39, 0.29) is 35.1 Å². The topological polar surface area (TPSA) is 41.2 Å². The Kier molecular flexibility index (Phi) is 5.04. The predicted octanol–water partition coefficient (Wildman–Crippen LogP) is -0.755. The van der Waals surface area contributed by atoms with Crippen molar-refractivity contribution in [1.82, 2.24) is 0 Å². The fourth-order valence-electron chi connectivity index (χ4n) is 1.61. The van der Waals surface area contributed by atoms with Gasteiger partial charge in [0.25, 0.3) is 0 Å². The third-order valence-corrected chi connectivity index (χ3v) is 3.82. The number of carbonyl (C=O) groups is 1. The number of aromatic nitrogens is 1. The minimum absolute atomic E-state index is 0. The number of aryl methyl sites for hydroxylation is 1. The van der Waals surface area contributed by atoms with E-state index in [2.05, 4.69) is 0 Å². The molecular formula is C13H14BrNO2S. The molecule has 1 aromatic carbocycles. The standard InChI is InChI=1S/C13H13NO2S.BrH/c1-9-10(2)17-8-14(9)7-13(16)11-5-3-4-6-12(11)15;/h3-6,8H,7H2,1-2H3;1H. The van der Waals surface area contributed by atoms with Crippen LogP contribution in [0.4, 0.5) is 0 Å². The second kappa shape index (κ2) is 6.11. The number of carbonyl (C=O) groups excluding carboxylic acids is 1. The lowest BCUT2D eigenvalue weighted by Crippen LogP contribution is -3.00. The van der Waals surface area contributed by atoms with Crippen molar-refractivity contribution in [2.24, 2.45) is 0 Å². The molecule has 1 heterocycles. The van der Waals surface area contributed by atoms with E-state index in [1.165, 1.54) is 10.9 Å². The highest BCUT2D eigenvalue weighted by atomic mass is 79.9. The summed E-state index contributed by atoms with van der Waals surface area (Å²) in [6, 6.07) is 6.64. The molecule has 0 aliphatic carbocycles. The van der Waals surface area contributed by atoms with Crippen LogP contribution < -0.4 is 21.5 Å². The van der Waals surface area contributed by atoms with Gasteiger partial charge in [0.1, 0.15) is 5.75 Å². The second-order valence-corrected chi connectivity index (χ2v) is 4.99. The maximum atomic E-state index is 12.0. The molecule has 0 bridgehead atoms. The quantitative estimate of drug-likeness (QED) is 0.595. The van der Waals surface area contributed by atoms with Crippen LogP contribution in [0.15, 0.2) is 29.8 Å². The molecule has 18 heavy (non-hydrogen) atoms. The van der Waals surface area contributed by atoms with Gasteiger partial charge in [0.2, 0.25) is 17.8 Å². The van der Waals surface area contributed by atoms with Crippen LogP contribution in [0.1, 0.15) is 20.9 Å². The van der Waals surface area contributed by atoms with Crippen molar-refractivity contribution in [2.75, 3.05) is 0 Å². The van der Waals surface area contributed by atoms with Crippen LogP contribution in [0.5, 0.6) is 5.75 Å². The highest BCUT2D eigenvalue weighted by molar-refractivity contribution is 7.09. The van der Waals surface area contributed by atoms with Crippen LogP contribution >= 0.6 is 11.3 Å². The van der Waals surface area contributed by atoms with Gasteiger partial charge in [0, 0.05) is 6.92 Å². The molecule has 1 N–H and O–H groups in total. The van der Waals surface area contributed by atoms with Gasteiger partial charge in [-0.05, 0) is 19.1 Å². The summed E-state index contributed by atoms with van der Waals surface area (Å²) < 4.78 is 1.91. The zero-order chi connectivity index (χ0) is 12.4. The normalized spacial score (nSPS) is 9.89. The molecule has 96 valence electrons. The number of hydrogen-bond donors (Lipinski definition) is 1. The Hall–Kier alpha value is -1.20. The molecule has 3 nitrogen and oxygen atoms in total. The first kappa shape index (κ1) is 14.9. The number of rotatable bonds is 3. The van der Waals surface area contributed by atoms with Crippen molar-refractivity contribution in [3.63, 3.8) is 0 Å². The summed E-state index contributed by atoms with van der Waals surface area (Å²) in [5, 5.41) is 9.61. The Labute approximate surface area is 120 Å². The van der Waals surface area contributed by atoms with Crippen molar-refractivity contribution in [3.05, 3.63) is 45.9 Å². The zero-order valence-electron chi connectivity index (χ0n) is 10.2. The van der Waals surface area contributed by atoms with Gasteiger partial charge in [0.15, 0.2) is 5.69 Å². The number of para-hydroxylation sites is 1. The highest BCUT2D eigenvalue weighted by Crippen LogP contribution is 2.16. The molecule has 0 saturated heterocycles. The number of halogens is 1. The molecule has 2 aromatic rings. The molecule has 0 unspecified atom stereocenters. The van der Waals surface area contributed by atoms with E-state index >= 15 is 0 Å². The van der Waals surface area contributed by atoms with Gasteiger partial charge in [-0.25, -0.2) is 0 Å². The van der Waals surface area contributed by atoms with Gasteiger partial charge in [-0.2, -0.15) is 4.57 Å². The summed E-state index contributed by atoms with van der Waals surface area (Å²) in [5.41, 5.74) is 3.41. The summed E-state index contributed by atoms with van der Waals surface area (Å²) in [6.45, 7) is 4.29. The molecule has 1 aromatic heterocycles. The van der Waals surface area contributed by atoms with Crippen LogP contribution in [0, 0.1) is 13.8 Å². The Morgan fingerprint density at radius 2 is 2.00 bits per heavy atom. The molecule has 2 rings (SSSR count). The number of hydrogen-bond acceptors (Lipinski definition) is 3. The summed E-state index contributed by atoms with van der Waals surface area (Å²) >= 11 is 1.62. The van der Waals surface area contributed by atoms with Crippen molar-refractivity contribution >= 4 is 17.1 Å². The molecule has 0 radical (unpaired) electrons. The molecule has 0 fully saturated rings. The maximum absolute atomic E-state index is 12.0. The minimum Gasteiger partial charge on any atom is -1.00 e. The van der Waals surface area contributed by atoms with Gasteiger partial charge < -0.3 is 22.1 Å². The Balaban J connectivity index is 0.00000162. The van der Waals surface area contributed by atoms with Gasteiger partial charge >= 0.3 is 0 Å². The van der Waals surface area contributed by atoms with Crippen LogP contribution in [0.2, 0.25) is 0 Å². The van der Waals surface area contributed by atoms with Crippen LogP contribution in [0.25, 0.3) is 0 Å². The van der Waals surface area contributed by atoms with Gasteiger partial charge in [0.05, 0.1) is 10.4 Å². The van der Waals surface area contributed by atoms with E-state index in [9.17, 15) is 9.90 Å². The van der Waals surface area contributed by atoms with Crippen LogP contribution in [-0.4, -0.2) is 10.9 Å². The average molecular weight is 328 g/mol. The van der Waals surface area contributed by atoms with E-state index in [1.807, 2.05) is 23.9 Å². The van der Waals surface area contributed by atoms with Crippen molar-refractivity contribution < 1.29 is 31.4 Å². The molecule has 5 heteroatoms. The molecule has 0 aliphatic rings. The van der Waals surface area contributed by atoms with Gasteiger partial charge in [-0.15, -0.1) is 0 Å². The summed E-state index contributed by atoms with van der Waals surface area (Å²) in [6.07, 6.45) is 0. The number of thiazole rings is 1. The third kappa shape index (κ3) is 2.97. The smallest absolute Gasteiger partial charge is 0.231 e. The molecule has 0 saturated carbocycles. The van der Waals surface area contributed by atoms with E-state index in [4.69, 9.17) is 0 Å². The monoisotopic (exact) mass is 327 g/mol. The van der Waals surface area contributed by atoms with E-state index in [1.54, 1.807) is 29.5 Å². The Morgan fingerprint density at radius 3 is 2.56 bits per heavy atom. The summed E-state index contributed by atoms with van der Waals surface area (Å²) in [7, 11) is 0. The first-order valence-corrected chi connectivity index (χ1v) is 6.23. The second-order valence-electron chi connectivity index (χ2n) is 3.93. The predicted molar refractivity (Wildman–Crippen MR) is 66.4 cm³/mol. The van der Waals surface area contributed by atoms with Crippen molar-refractivity contribution in [1.29, 1.82) is 0 Å². The number of benzene rings is 1. The lowest BCUT2D eigenvalue weighted by atomic mass is 10.1. The number of ketones is 1. The van der Waals surface area contributed by atoms with E-state index in [0.717, 1.165) is 5.69 Å². The van der Waals surface area contributed by atoms with E-state index < -0.39 is 0 Å². The zero-order valence-corrected chi connectivity index (χ0v) is 12.6. The molecule has 0 atom stereocenters. The SMILES string of the molecule is Cc1sc[n+](CC(=O)c2ccccc2O)c1C.[Br-]. The number of aromatic hydroxyl groups is 1. The molecule has 0 amide bonds. The lowest BCUT2D eigenvalue weighted by molar-refractivity contribution is -0.684. The van der Waals surface area contributed by atoms with Gasteiger partial charge in [-0.1, -0.05) is 23.5 Å². The van der Waals surface area contributed by atoms with Gasteiger partial charge in [-0.3, -0.25) is 4.79 Å². The first-order valence-electron chi connectivity index (χ1n) is 5.35. The van der Waals surface area contributed by atoms with Crippen LogP contribution in [-0.2, 0) is 6.54 Å². The van der Waals surface area contributed by atoms with Crippen LogP contribution in [0.3, 0.4) is 0 Å². The number of Topliss-reactive ketones (excluding diaryl/α,β-unsaturated/α-hetero) is 1. The fraction of sp³-hybridized carbons (Fsp3) is 0.231. The maximum Gasteiger partial charge on any atom is 0.231 e. The largest absolute Gasteiger partial charge is 1.00 e. The lowest BCUT2D eigenvalue weighted by Gasteiger charge is -2.00. The molecule has 0 spiro atoms. The third-order valence-electron chi connectivity index (χ3n) is 2.82. The van der Waals surface area contributed by atoms with Crippen molar-refractivity contribution in [3.8, 4) is 5.75 Å². The number of nitrogens with zero attached hydrogens (tertiary/aromatic N) is 1. The number of phenolic OH excluding ortho intramolecular Hbond substituents is 1. The number of phenols is 1. The average Bonchev–Trinajstić information content (AvgIpc) is 2.61. The van der Waals surface area contributed by atoms with Crippen molar-refractivity contribution in [2.45, 2.75) is 20.4 Å². The Bertz CT molecular complexity index is 566.